The van der Waals surface area contributed by atoms with Crippen molar-refractivity contribution in [1.29, 1.82) is 0 Å². The van der Waals surface area contributed by atoms with Crippen LogP contribution in [-0.2, 0) is 21.9 Å². The molecule has 0 bridgehead atoms. The topological polar surface area (TPSA) is 134 Å². The maximum absolute atomic E-state index is 13.8. The van der Waals surface area contributed by atoms with E-state index in [2.05, 4.69) is 33.0 Å². The van der Waals surface area contributed by atoms with Gasteiger partial charge in [0.15, 0.2) is 16.5 Å². The molecule has 3 heterocycles. The van der Waals surface area contributed by atoms with Gasteiger partial charge in [-0.15, -0.1) is 0 Å². The van der Waals surface area contributed by atoms with Crippen molar-refractivity contribution in [2.24, 2.45) is 0 Å². The molecule has 2 aliphatic carbocycles. The van der Waals surface area contributed by atoms with Gasteiger partial charge in [-0.25, -0.2) is 8.42 Å². The predicted octanol–water partition coefficient (Wildman–Crippen LogP) is 2.77. The van der Waals surface area contributed by atoms with E-state index in [9.17, 15) is 18.3 Å². The third kappa shape index (κ3) is 3.84. The number of carbonyl (C=O) groups is 1. The van der Waals surface area contributed by atoms with Crippen LogP contribution < -0.4 is 19.1 Å². The normalized spacial score (nSPS) is 18.9. The summed E-state index contributed by atoms with van der Waals surface area (Å²) in [5.74, 6) is 0.286. The highest BCUT2D eigenvalue weighted by Gasteiger charge is 2.51. The Hall–Kier alpha value is -3.77. The van der Waals surface area contributed by atoms with Crippen molar-refractivity contribution in [1.82, 2.24) is 10.1 Å². The quantitative estimate of drug-likeness (QED) is 0.443. The van der Waals surface area contributed by atoms with E-state index in [1.54, 1.807) is 0 Å². The fourth-order valence-corrected chi connectivity index (χ4v) is 7.33. The van der Waals surface area contributed by atoms with Gasteiger partial charge in [-0.1, -0.05) is 11.2 Å². The van der Waals surface area contributed by atoms with Crippen molar-refractivity contribution in [3.05, 3.63) is 47.0 Å². The number of nitrogens with zero attached hydrogens (tertiary/aromatic N) is 3. The van der Waals surface area contributed by atoms with Gasteiger partial charge in [-0.3, -0.25) is 9.52 Å². The Labute approximate surface area is 231 Å². The predicted molar refractivity (Wildman–Crippen MR) is 146 cm³/mol. The number of fused-ring (bicyclic) bond motifs is 4. The molecule has 2 aliphatic heterocycles. The van der Waals surface area contributed by atoms with E-state index in [1.165, 1.54) is 43.2 Å². The molecule has 1 spiro atoms. The van der Waals surface area contributed by atoms with E-state index in [4.69, 9.17) is 14.0 Å². The number of hydrogen-bond donors (Lipinski definition) is 2. The van der Waals surface area contributed by atoms with Crippen LogP contribution in [0.5, 0.6) is 11.5 Å². The second kappa shape index (κ2) is 8.87. The molecular weight excluding hydrogens is 536 g/mol. The number of hydrogen-bond acceptors (Lipinski definition) is 9. The van der Waals surface area contributed by atoms with E-state index in [0.29, 0.717) is 12.2 Å². The number of aromatic nitrogens is 1. The Morgan fingerprint density at radius 2 is 1.82 bits per heavy atom. The minimum absolute atomic E-state index is 0.0383. The second-order valence-electron chi connectivity index (χ2n) is 11.0. The smallest absolute Gasteiger partial charge is 0.270 e. The summed E-state index contributed by atoms with van der Waals surface area (Å²) in [7, 11) is -1.61. The van der Waals surface area contributed by atoms with Crippen molar-refractivity contribution in [2.45, 2.75) is 42.1 Å². The maximum Gasteiger partial charge on any atom is 0.270 e. The number of aliphatic hydroxyl groups excluding tert-OH is 1. The van der Waals surface area contributed by atoms with Crippen LogP contribution >= 0.6 is 0 Å². The number of carbonyl (C=O) groups excluding carboxylic acids is 1. The lowest BCUT2D eigenvalue weighted by molar-refractivity contribution is 0.00585. The molecule has 7 rings (SSSR count). The Kier molecular flexibility index (Phi) is 5.59. The molecule has 2 aromatic carbocycles. The molecule has 210 valence electrons. The summed E-state index contributed by atoms with van der Waals surface area (Å²) in [5, 5.41) is 13.7. The number of ether oxygens (including phenoxy) is 2. The Balaban J connectivity index is 1.24. The standard InChI is InChI=1S/C28H30N4O7S/c1-37-22-10-16(27(34)32-14-18(33)15-32)11-23(38-2)25(22)40(35,36)30-26-20-13-28(6-7-28)21-5-4-17(31-8-3-9-31)12-19(21)24(20)39-29-26/h4-5,10-12,18,33H,3,6-9,13-15H2,1-2H3,(H,29,30). The van der Waals surface area contributed by atoms with Crippen molar-refractivity contribution in [3.8, 4) is 22.8 Å². The molecule has 1 saturated carbocycles. The van der Waals surface area contributed by atoms with E-state index < -0.39 is 16.1 Å². The fourth-order valence-electron chi connectivity index (χ4n) is 6.00. The van der Waals surface area contributed by atoms with Crippen LogP contribution in [0.2, 0.25) is 0 Å². The lowest BCUT2D eigenvalue weighted by Crippen LogP contribution is -2.53. The molecule has 3 fully saturated rings. The highest BCUT2D eigenvalue weighted by Crippen LogP contribution is 2.59. The van der Waals surface area contributed by atoms with Crippen LogP contribution in [0.25, 0.3) is 11.3 Å². The number of benzene rings is 2. The van der Waals surface area contributed by atoms with Gasteiger partial charge in [0.05, 0.1) is 20.3 Å². The van der Waals surface area contributed by atoms with Gasteiger partial charge in [0.25, 0.3) is 15.9 Å². The molecule has 1 amide bonds. The minimum atomic E-state index is -4.27. The zero-order valence-corrected chi connectivity index (χ0v) is 23.1. The largest absolute Gasteiger partial charge is 0.495 e. The first-order chi connectivity index (χ1) is 19.2. The van der Waals surface area contributed by atoms with Crippen LogP contribution in [0, 0.1) is 0 Å². The van der Waals surface area contributed by atoms with Crippen molar-refractivity contribution in [2.75, 3.05) is 50.0 Å². The second-order valence-corrected chi connectivity index (χ2v) is 12.7. The molecule has 1 aromatic heterocycles. The fraction of sp³-hybridized carbons (Fsp3) is 0.429. The molecule has 2 saturated heterocycles. The Morgan fingerprint density at radius 1 is 1.12 bits per heavy atom. The first kappa shape index (κ1) is 25.2. The number of rotatable bonds is 7. The molecular formula is C28H30N4O7S. The van der Waals surface area contributed by atoms with Gasteiger partial charge in [-0.05, 0) is 55.5 Å². The molecule has 11 nitrogen and oxygen atoms in total. The molecule has 0 radical (unpaired) electrons. The number of nitrogens with one attached hydrogen (secondary N) is 1. The number of β-amino-alcohol motifs (C(OH)–C–C–N with tert-alkyl or cyclic N) is 1. The summed E-state index contributed by atoms with van der Waals surface area (Å²) in [6, 6.07) is 9.23. The Bertz CT molecular complexity index is 1610. The number of amides is 1. The van der Waals surface area contributed by atoms with Crippen LogP contribution in [0.3, 0.4) is 0 Å². The zero-order chi connectivity index (χ0) is 27.8. The number of aliphatic hydroxyl groups is 1. The SMILES string of the molecule is COc1cc(C(=O)N2CC(O)C2)cc(OC)c1S(=O)(=O)Nc1noc2c1CC1(CC1)c1ccc(N3CCC3)cc1-2. The van der Waals surface area contributed by atoms with Gasteiger partial charge in [0.2, 0.25) is 0 Å². The summed E-state index contributed by atoms with van der Waals surface area (Å²) in [4.78, 5) is 16.4. The average Bonchev–Trinajstić information content (AvgIpc) is 3.56. The summed E-state index contributed by atoms with van der Waals surface area (Å²) in [6.07, 6.45) is 3.28. The van der Waals surface area contributed by atoms with Crippen molar-refractivity contribution < 1.29 is 32.3 Å². The van der Waals surface area contributed by atoms with Gasteiger partial charge in [0, 0.05) is 54.0 Å². The number of sulfonamides is 1. The summed E-state index contributed by atoms with van der Waals surface area (Å²) < 4.78 is 46.8. The summed E-state index contributed by atoms with van der Waals surface area (Å²) >= 11 is 0. The van der Waals surface area contributed by atoms with Gasteiger partial charge in [-0.2, -0.15) is 0 Å². The van der Waals surface area contributed by atoms with Crippen molar-refractivity contribution in [3.63, 3.8) is 0 Å². The number of likely N-dealkylation sites (tertiary alicyclic amines) is 1. The van der Waals surface area contributed by atoms with E-state index in [-0.39, 0.29) is 52.2 Å². The highest BCUT2D eigenvalue weighted by atomic mass is 32.2. The van der Waals surface area contributed by atoms with E-state index >= 15 is 0 Å². The van der Waals surface area contributed by atoms with Crippen LogP contribution in [-0.4, -0.2) is 76.0 Å². The lowest BCUT2D eigenvalue weighted by atomic mass is 9.79. The van der Waals surface area contributed by atoms with Crippen LogP contribution in [0.15, 0.2) is 39.8 Å². The summed E-state index contributed by atoms with van der Waals surface area (Å²) in [5.41, 5.74) is 4.22. The third-order valence-corrected chi connectivity index (χ3v) is 9.96. The molecule has 0 atom stereocenters. The molecule has 4 aliphatic rings. The maximum atomic E-state index is 13.8. The lowest BCUT2D eigenvalue weighted by Gasteiger charge is -2.36. The molecule has 2 N–H and O–H groups in total. The first-order valence-electron chi connectivity index (χ1n) is 13.4. The Morgan fingerprint density at radius 3 is 2.40 bits per heavy atom. The monoisotopic (exact) mass is 566 g/mol. The van der Waals surface area contributed by atoms with Gasteiger partial charge in [0.1, 0.15) is 11.5 Å². The van der Waals surface area contributed by atoms with E-state index in [0.717, 1.165) is 42.7 Å². The van der Waals surface area contributed by atoms with E-state index in [1.807, 2.05) is 0 Å². The minimum Gasteiger partial charge on any atom is -0.495 e. The molecule has 0 unspecified atom stereocenters. The van der Waals surface area contributed by atoms with Crippen LogP contribution in [0.1, 0.15) is 40.7 Å². The average molecular weight is 567 g/mol. The third-order valence-electron chi connectivity index (χ3n) is 8.55. The zero-order valence-electron chi connectivity index (χ0n) is 22.3. The first-order valence-corrected chi connectivity index (χ1v) is 14.9. The van der Waals surface area contributed by atoms with Crippen molar-refractivity contribution >= 4 is 27.4 Å². The number of anilines is 2. The summed E-state index contributed by atoms with van der Waals surface area (Å²) in [6.45, 7) is 2.47. The van der Waals surface area contributed by atoms with Gasteiger partial charge < -0.3 is 28.9 Å². The molecule has 12 heteroatoms. The molecule has 3 aromatic rings. The number of methoxy groups -OCH3 is 2. The van der Waals surface area contributed by atoms with Gasteiger partial charge >= 0.3 is 0 Å². The highest BCUT2D eigenvalue weighted by molar-refractivity contribution is 7.93. The molecule has 40 heavy (non-hydrogen) atoms. The van der Waals surface area contributed by atoms with Crippen LogP contribution in [0.4, 0.5) is 11.5 Å².